The molecular weight excluding hydrogens is 442 g/mol. The molecule has 0 heterocycles. The minimum absolute atomic E-state index is 0.0317. The van der Waals surface area contributed by atoms with Crippen LogP contribution in [0, 0.1) is 0 Å². The Labute approximate surface area is 169 Å². The van der Waals surface area contributed by atoms with Crippen molar-refractivity contribution in [3.8, 4) is 0 Å². The summed E-state index contributed by atoms with van der Waals surface area (Å²) < 4.78 is 63.2. The number of nitrogens with one attached hydrogen (secondary N) is 1. The molecule has 0 spiro atoms. The number of sulfone groups is 1. The fourth-order valence-corrected chi connectivity index (χ4v) is 4.20. The summed E-state index contributed by atoms with van der Waals surface area (Å²) in [5.74, 6) is -2.21. The standard InChI is InChI=1S/C17H14Cl2F3NO4S/c1-16(25,9-28(26,27)12-5-6-13(18)14(19)8-12)15(24)23-11-4-2-3-10(7-11)17(20,21)22/h2-8,25H,9H2,1H3,(H,23,24). The highest BCUT2D eigenvalue weighted by Gasteiger charge is 2.37. The summed E-state index contributed by atoms with van der Waals surface area (Å²) in [6.45, 7) is 0.936. The minimum atomic E-state index is -4.62. The van der Waals surface area contributed by atoms with E-state index < -0.39 is 38.8 Å². The Morgan fingerprint density at radius 1 is 1.11 bits per heavy atom. The summed E-state index contributed by atoms with van der Waals surface area (Å²) in [7, 11) is -4.16. The molecule has 1 unspecified atom stereocenters. The topological polar surface area (TPSA) is 83.5 Å². The number of alkyl halides is 3. The zero-order valence-electron chi connectivity index (χ0n) is 14.2. The molecule has 0 saturated carbocycles. The maximum Gasteiger partial charge on any atom is 0.416 e. The molecule has 152 valence electrons. The van der Waals surface area contributed by atoms with Crippen LogP contribution in [0.3, 0.4) is 0 Å². The third-order valence-electron chi connectivity index (χ3n) is 3.66. The molecule has 11 heteroatoms. The van der Waals surface area contributed by atoms with Gasteiger partial charge in [0, 0.05) is 5.69 Å². The first kappa shape index (κ1) is 22.5. The number of hydrogen-bond donors (Lipinski definition) is 2. The van der Waals surface area contributed by atoms with E-state index in [1.165, 1.54) is 12.1 Å². The van der Waals surface area contributed by atoms with Crippen LogP contribution in [0.25, 0.3) is 0 Å². The third kappa shape index (κ3) is 5.38. The van der Waals surface area contributed by atoms with E-state index in [-0.39, 0.29) is 20.6 Å². The lowest BCUT2D eigenvalue weighted by atomic mass is 10.1. The summed E-state index contributed by atoms with van der Waals surface area (Å²) in [5, 5.41) is 12.5. The van der Waals surface area contributed by atoms with Crippen LogP contribution in [-0.4, -0.2) is 30.8 Å². The van der Waals surface area contributed by atoms with Crippen molar-refractivity contribution in [2.45, 2.75) is 23.6 Å². The number of aliphatic hydroxyl groups is 1. The van der Waals surface area contributed by atoms with Crippen LogP contribution in [0.4, 0.5) is 18.9 Å². The average Bonchev–Trinajstić information content (AvgIpc) is 2.55. The van der Waals surface area contributed by atoms with Gasteiger partial charge in [-0.1, -0.05) is 29.3 Å². The Bertz CT molecular complexity index is 1010. The van der Waals surface area contributed by atoms with Gasteiger partial charge in [-0.2, -0.15) is 13.2 Å². The molecule has 5 nitrogen and oxygen atoms in total. The fourth-order valence-electron chi connectivity index (χ4n) is 2.23. The van der Waals surface area contributed by atoms with Crippen molar-refractivity contribution in [1.29, 1.82) is 0 Å². The fraction of sp³-hybridized carbons (Fsp3) is 0.235. The third-order valence-corrected chi connectivity index (χ3v) is 6.31. The molecule has 0 aliphatic heterocycles. The van der Waals surface area contributed by atoms with Crippen LogP contribution in [0.2, 0.25) is 10.0 Å². The van der Waals surface area contributed by atoms with Crippen molar-refractivity contribution in [2.75, 3.05) is 11.1 Å². The smallest absolute Gasteiger partial charge is 0.379 e. The first-order valence-electron chi connectivity index (χ1n) is 7.61. The van der Waals surface area contributed by atoms with E-state index in [0.717, 1.165) is 31.2 Å². The first-order valence-corrected chi connectivity index (χ1v) is 10.0. The van der Waals surface area contributed by atoms with Gasteiger partial charge in [0.2, 0.25) is 0 Å². The minimum Gasteiger partial charge on any atom is -0.379 e. The highest BCUT2D eigenvalue weighted by molar-refractivity contribution is 7.91. The summed E-state index contributed by atoms with van der Waals surface area (Å²) in [6.07, 6.45) is -4.62. The van der Waals surface area contributed by atoms with Gasteiger partial charge in [-0.15, -0.1) is 0 Å². The van der Waals surface area contributed by atoms with Gasteiger partial charge in [0.1, 0.15) is 0 Å². The summed E-state index contributed by atoms with van der Waals surface area (Å²) >= 11 is 11.5. The molecule has 2 aromatic carbocycles. The quantitative estimate of drug-likeness (QED) is 0.708. The van der Waals surface area contributed by atoms with E-state index in [1.807, 2.05) is 0 Å². The van der Waals surface area contributed by atoms with Crippen molar-refractivity contribution in [1.82, 2.24) is 0 Å². The second-order valence-corrected chi connectivity index (χ2v) is 8.95. The molecule has 0 bridgehead atoms. The summed E-state index contributed by atoms with van der Waals surface area (Å²) in [4.78, 5) is 12.0. The van der Waals surface area contributed by atoms with E-state index in [4.69, 9.17) is 23.2 Å². The number of anilines is 1. The van der Waals surface area contributed by atoms with Gasteiger partial charge in [-0.05, 0) is 43.3 Å². The molecule has 2 aromatic rings. The maximum atomic E-state index is 12.7. The summed E-state index contributed by atoms with van der Waals surface area (Å²) in [6, 6.07) is 7.19. The Hall–Kier alpha value is -1.81. The van der Waals surface area contributed by atoms with Gasteiger partial charge in [0.25, 0.3) is 5.91 Å². The SMILES string of the molecule is CC(O)(CS(=O)(=O)c1ccc(Cl)c(Cl)c1)C(=O)Nc1cccc(C(F)(F)F)c1. The van der Waals surface area contributed by atoms with E-state index in [0.29, 0.717) is 6.07 Å². The molecule has 0 fully saturated rings. The number of carbonyl (C=O) groups is 1. The Morgan fingerprint density at radius 2 is 1.75 bits per heavy atom. The van der Waals surface area contributed by atoms with E-state index in [2.05, 4.69) is 5.32 Å². The van der Waals surface area contributed by atoms with Gasteiger partial charge in [-0.25, -0.2) is 8.42 Å². The monoisotopic (exact) mass is 455 g/mol. The van der Waals surface area contributed by atoms with Crippen molar-refractivity contribution in [2.24, 2.45) is 0 Å². The van der Waals surface area contributed by atoms with Crippen molar-refractivity contribution >= 4 is 44.6 Å². The van der Waals surface area contributed by atoms with Crippen molar-refractivity contribution in [3.63, 3.8) is 0 Å². The summed E-state index contributed by atoms with van der Waals surface area (Å²) in [5.41, 5.74) is -3.68. The molecule has 1 atom stereocenters. The van der Waals surface area contributed by atoms with E-state index in [1.54, 1.807) is 0 Å². The van der Waals surface area contributed by atoms with E-state index in [9.17, 15) is 31.5 Å². The molecule has 0 saturated heterocycles. The predicted molar refractivity (Wildman–Crippen MR) is 99.2 cm³/mol. The van der Waals surface area contributed by atoms with Crippen LogP contribution in [0.15, 0.2) is 47.4 Å². The predicted octanol–water partition coefficient (Wildman–Crippen LogP) is 4.18. The van der Waals surface area contributed by atoms with Crippen LogP contribution in [0.1, 0.15) is 12.5 Å². The molecule has 0 radical (unpaired) electrons. The number of benzene rings is 2. The number of carbonyl (C=O) groups excluding carboxylic acids is 1. The Kier molecular flexibility index (Phi) is 6.34. The van der Waals surface area contributed by atoms with Crippen LogP contribution < -0.4 is 5.32 Å². The second-order valence-electron chi connectivity index (χ2n) is 6.14. The number of rotatable bonds is 5. The zero-order chi connectivity index (χ0) is 21.3. The molecule has 1 amide bonds. The van der Waals surface area contributed by atoms with Gasteiger partial charge in [0.15, 0.2) is 15.4 Å². The first-order chi connectivity index (χ1) is 12.7. The van der Waals surface area contributed by atoms with Crippen molar-refractivity contribution < 1.29 is 31.5 Å². The maximum absolute atomic E-state index is 12.7. The molecule has 28 heavy (non-hydrogen) atoms. The largest absolute Gasteiger partial charge is 0.416 e. The average molecular weight is 456 g/mol. The lowest BCUT2D eigenvalue weighted by molar-refractivity contribution is -0.137. The van der Waals surface area contributed by atoms with Crippen LogP contribution in [-0.2, 0) is 20.8 Å². The Morgan fingerprint density at radius 3 is 2.32 bits per heavy atom. The molecule has 2 rings (SSSR count). The number of halogens is 5. The highest BCUT2D eigenvalue weighted by Crippen LogP contribution is 2.31. The zero-order valence-corrected chi connectivity index (χ0v) is 16.5. The van der Waals surface area contributed by atoms with Gasteiger partial charge in [-0.3, -0.25) is 4.79 Å². The second kappa shape index (κ2) is 7.90. The van der Waals surface area contributed by atoms with Crippen LogP contribution >= 0.6 is 23.2 Å². The lowest BCUT2D eigenvalue weighted by Gasteiger charge is -2.22. The Balaban J connectivity index is 2.22. The van der Waals surface area contributed by atoms with E-state index >= 15 is 0 Å². The normalized spacial score (nSPS) is 14.4. The molecule has 0 aliphatic rings. The van der Waals surface area contributed by atoms with Crippen molar-refractivity contribution in [3.05, 3.63) is 58.1 Å². The highest BCUT2D eigenvalue weighted by atomic mass is 35.5. The van der Waals surface area contributed by atoms with Gasteiger partial charge < -0.3 is 10.4 Å². The van der Waals surface area contributed by atoms with Crippen LogP contribution in [0.5, 0.6) is 0 Å². The van der Waals surface area contributed by atoms with Gasteiger partial charge >= 0.3 is 6.18 Å². The molecule has 0 aliphatic carbocycles. The van der Waals surface area contributed by atoms with Gasteiger partial charge in [0.05, 0.1) is 26.3 Å². The molecule has 0 aromatic heterocycles. The lowest BCUT2D eigenvalue weighted by Crippen LogP contribution is -2.45. The number of amides is 1. The molecular formula is C17H14Cl2F3NO4S. The number of hydrogen-bond acceptors (Lipinski definition) is 4. The molecule has 2 N–H and O–H groups in total.